The molecule has 0 atom stereocenters. The molecule has 2 aromatic rings. The fourth-order valence-electron chi connectivity index (χ4n) is 2.11. The summed E-state index contributed by atoms with van der Waals surface area (Å²) in [5, 5.41) is 8.43. The number of aliphatic carboxylic acids is 1. The van der Waals surface area contributed by atoms with Gasteiger partial charge >= 0.3 is 11.9 Å². The quantitative estimate of drug-likeness (QED) is 0.802. The summed E-state index contributed by atoms with van der Waals surface area (Å²) in [4.78, 5) is 21.1. The molecule has 0 spiro atoms. The maximum Gasteiger partial charge on any atom is 0.305 e. The molecular weight excluding hydrogens is 316 g/mol. The number of methoxy groups -OCH3 is 1. The van der Waals surface area contributed by atoms with Crippen LogP contribution in [0.3, 0.4) is 0 Å². The van der Waals surface area contributed by atoms with Crippen LogP contribution >= 0.6 is 0 Å². The Kier molecular flexibility index (Phi) is 9.01. The van der Waals surface area contributed by atoms with Crippen LogP contribution in [0.15, 0.2) is 48.5 Å². The summed E-state index contributed by atoms with van der Waals surface area (Å²) in [6, 6.07) is 16.1. The van der Waals surface area contributed by atoms with Crippen LogP contribution < -0.4 is 0 Å². The first-order valence-electron chi connectivity index (χ1n) is 8.30. The zero-order valence-electron chi connectivity index (χ0n) is 15.1. The Balaban J connectivity index is 0.000000251. The lowest BCUT2D eigenvalue weighted by Gasteiger charge is -2.00. The molecule has 4 heteroatoms. The number of carboxylic acid groups (broad SMARTS) is 1. The molecule has 0 aliphatic heterocycles. The van der Waals surface area contributed by atoms with E-state index in [1.807, 2.05) is 62.4 Å². The smallest absolute Gasteiger partial charge is 0.305 e. The van der Waals surface area contributed by atoms with E-state index in [1.54, 1.807) is 0 Å². The molecule has 2 aromatic carbocycles. The molecule has 0 aliphatic carbocycles. The standard InChI is InChI=1S/C11H14O2.C10H12O2/c1-9-3-5-10(6-4-9)7-8-11(12)13-2;1-8-2-4-9(5-3-8)6-7-10(11)12/h3-6H,7-8H2,1-2H3;2-5H,6-7H2,1H3,(H,11,12). The van der Waals surface area contributed by atoms with E-state index in [9.17, 15) is 9.59 Å². The SMILES string of the molecule is COC(=O)CCc1ccc(C)cc1.Cc1ccc(CCC(=O)O)cc1. The van der Waals surface area contributed by atoms with Gasteiger partial charge in [0, 0.05) is 12.8 Å². The van der Waals surface area contributed by atoms with Crippen LogP contribution in [0.1, 0.15) is 35.1 Å². The van der Waals surface area contributed by atoms with E-state index in [0.29, 0.717) is 12.8 Å². The predicted molar refractivity (Wildman–Crippen MR) is 98.7 cm³/mol. The highest BCUT2D eigenvalue weighted by molar-refractivity contribution is 5.69. The maximum absolute atomic E-state index is 10.8. The number of rotatable bonds is 6. The maximum atomic E-state index is 10.8. The van der Waals surface area contributed by atoms with E-state index >= 15 is 0 Å². The number of aryl methyl sites for hydroxylation is 4. The molecule has 0 bridgehead atoms. The number of ether oxygens (including phenoxy) is 1. The van der Waals surface area contributed by atoms with Crippen LogP contribution in [0.2, 0.25) is 0 Å². The molecule has 0 fully saturated rings. The van der Waals surface area contributed by atoms with Gasteiger partial charge in [-0.05, 0) is 37.8 Å². The molecule has 25 heavy (non-hydrogen) atoms. The summed E-state index contributed by atoms with van der Waals surface area (Å²) in [6.45, 7) is 4.06. The van der Waals surface area contributed by atoms with E-state index in [4.69, 9.17) is 5.11 Å². The van der Waals surface area contributed by atoms with Crippen LogP contribution in [0.4, 0.5) is 0 Å². The summed E-state index contributed by atoms with van der Waals surface area (Å²) in [6.07, 6.45) is 2.05. The van der Waals surface area contributed by atoms with Crippen molar-refractivity contribution in [1.29, 1.82) is 0 Å². The van der Waals surface area contributed by atoms with Crippen molar-refractivity contribution in [3.8, 4) is 0 Å². The third-order valence-electron chi connectivity index (χ3n) is 3.71. The number of carbonyl (C=O) groups is 2. The Hall–Kier alpha value is -2.62. The highest BCUT2D eigenvalue weighted by Crippen LogP contribution is 2.06. The zero-order chi connectivity index (χ0) is 18.7. The minimum absolute atomic E-state index is 0.152. The molecule has 4 nitrogen and oxygen atoms in total. The van der Waals surface area contributed by atoms with Gasteiger partial charge in [0.2, 0.25) is 0 Å². The second kappa shape index (κ2) is 11.0. The van der Waals surface area contributed by atoms with Crippen molar-refractivity contribution < 1.29 is 19.4 Å². The first-order valence-corrected chi connectivity index (χ1v) is 8.30. The molecule has 0 amide bonds. The van der Waals surface area contributed by atoms with E-state index in [1.165, 1.54) is 23.8 Å². The Morgan fingerprint density at radius 1 is 0.800 bits per heavy atom. The molecule has 134 valence electrons. The van der Waals surface area contributed by atoms with Gasteiger partial charge in [0.25, 0.3) is 0 Å². The van der Waals surface area contributed by atoms with Gasteiger partial charge in [0.1, 0.15) is 0 Å². The summed E-state index contributed by atoms with van der Waals surface area (Å²) < 4.78 is 4.56. The Bertz CT molecular complexity index is 657. The molecule has 0 radical (unpaired) electrons. The molecular formula is C21H26O4. The van der Waals surface area contributed by atoms with Crippen molar-refractivity contribution in [2.24, 2.45) is 0 Å². The zero-order valence-corrected chi connectivity index (χ0v) is 15.1. The minimum atomic E-state index is -0.740. The fourth-order valence-corrected chi connectivity index (χ4v) is 2.11. The van der Waals surface area contributed by atoms with Crippen LogP contribution in [0, 0.1) is 13.8 Å². The molecule has 1 N–H and O–H groups in total. The molecule has 0 unspecified atom stereocenters. The van der Waals surface area contributed by atoms with E-state index in [2.05, 4.69) is 4.74 Å². The van der Waals surface area contributed by atoms with Gasteiger partial charge in [0.05, 0.1) is 7.11 Å². The highest BCUT2D eigenvalue weighted by atomic mass is 16.5. The summed E-state index contributed by atoms with van der Waals surface area (Å²) in [5.74, 6) is -0.892. The number of carbonyl (C=O) groups excluding carboxylic acids is 1. The summed E-state index contributed by atoms with van der Waals surface area (Å²) in [5.41, 5.74) is 4.70. The lowest BCUT2D eigenvalue weighted by atomic mass is 10.1. The molecule has 0 saturated carbocycles. The Morgan fingerprint density at radius 3 is 1.56 bits per heavy atom. The van der Waals surface area contributed by atoms with Crippen molar-refractivity contribution in [3.05, 3.63) is 70.8 Å². The Labute approximate surface area is 149 Å². The van der Waals surface area contributed by atoms with Gasteiger partial charge in [-0.2, -0.15) is 0 Å². The second-order valence-electron chi connectivity index (χ2n) is 5.94. The first kappa shape index (κ1) is 20.4. The predicted octanol–water partition coefficient (Wildman–Crippen LogP) is 4.11. The molecule has 0 saturated heterocycles. The number of esters is 1. The third kappa shape index (κ3) is 9.30. The topological polar surface area (TPSA) is 63.6 Å². The largest absolute Gasteiger partial charge is 0.481 e. The summed E-state index contributed by atoms with van der Waals surface area (Å²) in [7, 11) is 1.41. The molecule has 0 heterocycles. The number of carboxylic acids is 1. The van der Waals surface area contributed by atoms with Crippen LogP contribution in [-0.4, -0.2) is 24.2 Å². The normalized spacial score (nSPS) is 9.72. The van der Waals surface area contributed by atoms with Crippen LogP contribution in [0.5, 0.6) is 0 Å². The van der Waals surface area contributed by atoms with Gasteiger partial charge < -0.3 is 9.84 Å². The van der Waals surface area contributed by atoms with Crippen LogP contribution in [0.25, 0.3) is 0 Å². The van der Waals surface area contributed by atoms with Gasteiger partial charge in [-0.15, -0.1) is 0 Å². The minimum Gasteiger partial charge on any atom is -0.481 e. The number of hydrogen-bond acceptors (Lipinski definition) is 3. The van der Waals surface area contributed by atoms with Crippen LogP contribution in [-0.2, 0) is 27.2 Å². The van der Waals surface area contributed by atoms with Crippen molar-refractivity contribution in [2.45, 2.75) is 39.5 Å². The molecule has 2 rings (SSSR count). The molecule has 0 aliphatic rings. The average Bonchev–Trinajstić information content (AvgIpc) is 2.61. The van der Waals surface area contributed by atoms with Crippen molar-refractivity contribution in [3.63, 3.8) is 0 Å². The first-order chi connectivity index (χ1) is 11.9. The van der Waals surface area contributed by atoms with Crippen molar-refractivity contribution in [2.75, 3.05) is 7.11 Å². The van der Waals surface area contributed by atoms with E-state index in [0.717, 1.165) is 12.0 Å². The lowest BCUT2D eigenvalue weighted by Crippen LogP contribution is -2.01. The highest BCUT2D eigenvalue weighted by Gasteiger charge is 2.00. The lowest BCUT2D eigenvalue weighted by molar-refractivity contribution is -0.140. The van der Waals surface area contributed by atoms with Gasteiger partial charge in [-0.3, -0.25) is 9.59 Å². The van der Waals surface area contributed by atoms with Gasteiger partial charge in [0.15, 0.2) is 0 Å². The third-order valence-corrected chi connectivity index (χ3v) is 3.71. The number of hydrogen-bond donors (Lipinski definition) is 1. The molecule has 0 aromatic heterocycles. The average molecular weight is 342 g/mol. The number of benzene rings is 2. The second-order valence-corrected chi connectivity index (χ2v) is 5.94. The van der Waals surface area contributed by atoms with Crippen molar-refractivity contribution >= 4 is 11.9 Å². The van der Waals surface area contributed by atoms with E-state index in [-0.39, 0.29) is 12.4 Å². The Morgan fingerprint density at radius 2 is 1.20 bits per heavy atom. The van der Waals surface area contributed by atoms with Gasteiger partial charge in [-0.1, -0.05) is 59.7 Å². The van der Waals surface area contributed by atoms with Crippen molar-refractivity contribution in [1.82, 2.24) is 0 Å². The fraction of sp³-hybridized carbons (Fsp3) is 0.333. The van der Waals surface area contributed by atoms with E-state index < -0.39 is 5.97 Å². The van der Waals surface area contributed by atoms with Gasteiger partial charge in [-0.25, -0.2) is 0 Å². The summed E-state index contributed by atoms with van der Waals surface area (Å²) >= 11 is 0. The monoisotopic (exact) mass is 342 g/mol.